The molecular weight excluding hydrogens is 595 g/mol. The number of anilines is 2. The molecule has 0 aliphatic rings. The molecule has 15 heteroatoms. The fraction of sp³-hybridized carbons (Fsp3) is 0.103. The van der Waals surface area contributed by atoms with Crippen LogP contribution in [0.5, 0.6) is 0 Å². The number of carboxylic acids is 1. The Morgan fingerprint density at radius 3 is 2.30 bits per heavy atom. The monoisotopic (exact) mass is 618 g/mol. The van der Waals surface area contributed by atoms with Crippen LogP contribution < -0.4 is 20.9 Å². The molecule has 224 valence electrons. The van der Waals surface area contributed by atoms with Crippen molar-refractivity contribution in [2.75, 3.05) is 4.31 Å². The van der Waals surface area contributed by atoms with Crippen LogP contribution in [0.4, 0.5) is 15.8 Å². The molecule has 13 nitrogen and oxygen atoms in total. The van der Waals surface area contributed by atoms with Crippen LogP contribution in [0.3, 0.4) is 0 Å². The molecule has 0 spiro atoms. The number of hydrogen-bond acceptors (Lipinski definition) is 8. The molecule has 5 rings (SSSR count). The molecule has 2 N–H and O–H groups in total. The molecule has 2 aromatic carbocycles. The van der Waals surface area contributed by atoms with Crippen LogP contribution in [0.25, 0.3) is 16.6 Å². The average Bonchev–Trinajstić information content (AvgIpc) is 3.01. The Morgan fingerprint density at radius 1 is 0.977 bits per heavy atom. The van der Waals surface area contributed by atoms with Crippen molar-refractivity contribution in [3.05, 3.63) is 123 Å². The molecule has 0 fully saturated rings. The van der Waals surface area contributed by atoms with Crippen molar-refractivity contribution >= 4 is 45.0 Å². The second-order valence-corrected chi connectivity index (χ2v) is 10.4. The number of rotatable bonds is 9. The summed E-state index contributed by atoms with van der Waals surface area (Å²) in [5, 5.41) is 12.3. The molecule has 0 bridgehead atoms. The second kappa shape index (κ2) is 12.3. The van der Waals surface area contributed by atoms with E-state index >= 15 is 4.39 Å². The highest BCUT2D eigenvalue weighted by Gasteiger charge is 2.24. The van der Waals surface area contributed by atoms with Gasteiger partial charge in [-0.2, -0.15) is 0 Å². The zero-order valence-electron chi connectivity index (χ0n) is 22.8. The first-order valence-electron chi connectivity index (χ1n) is 12.9. The van der Waals surface area contributed by atoms with E-state index in [1.54, 1.807) is 0 Å². The lowest BCUT2D eigenvalue weighted by molar-refractivity contribution is -0.139. The summed E-state index contributed by atoms with van der Waals surface area (Å²) in [6, 6.07) is 11.9. The summed E-state index contributed by atoms with van der Waals surface area (Å²) >= 11 is 0. The normalized spacial score (nSPS) is 11.8. The Hall–Kier alpha value is -5.70. The summed E-state index contributed by atoms with van der Waals surface area (Å²) in [5.74, 6) is -3.48. The van der Waals surface area contributed by atoms with Gasteiger partial charge in [0.05, 0.1) is 39.7 Å². The average molecular weight is 619 g/mol. The number of nitrogens with one attached hydrogen (secondary N) is 1. The number of fused-ring (bicyclic) bond motifs is 1. The number of aryl methyl sites for hydroxylation is 1. The lowest BCUT2D eigenvalue weighted by Gasteiger charge is -2.19. The highest BCUT2D eigenvalue weighted by Crippen LogP contribution is 2.27. The lowest BCUT2D eigenvalue weighted by atomic mass is 10.0. The molecule has 3 heterocycles. The fourth-order valence-electron chi connectivity index (χ4n) is 4.62. The van der Waals surface area contributed by atoms with Crippen LogP contribution >= 0.6 is 0 Å². The minimum atomic E-state index is -3.21. The van der Waals surface area contributed by atoms with Gasteiger partial charge in [0.2, 0.25) is 10.9 Å². The summed E-state index contributed by atoms with van der Waals surface area (Å²) in [6.07, 6.45) is 5.37. The Kier molecular flexibility index (Phi) is 8.30. The van der Waals surface area contributed by atoms with Crippen LogP contribution in [-0.2, 0) is 29.2 Å². The third-order valence-electron chi connectivity index (χ3n) is 6.82. The molecular formula is C29H23FN6O7S. The largest absolute Gasteiger partial charge is 0.480 e. The van der Waals surface area contributed by atoms with E-state index in [1.165, 1.54) is 84.9 Å². The van der Waals surface area contributed by atoms with Crippen LogP contribution in [0.1, 0.15) is 15.9 Å². The smallest absolute Gasteiger partial charge is 0.335 e. The quantitative estimate of drug-likeness (QED) is 0.208. The van der Waals surface area contributed by atoms with Crippen LogP contribution in [-0.4, -0.2) is 50.5 Å². The molecule has 5 aromatic rings. The van der Waals surface area contributed by atoms with Gasteiger partial charge in [0.25, 0.3) is 11.5 Å². The van der Waals surface area contributed by atoms with Gasteiger partial charge in [-0.1, -0.05) is 12.1 Å². The summed E-state index contributed by atoms with van der Waals surface area (Å²) in [7, 11) is -1.71. The van der Waals surface area contributed by atoms with E-state index in [-0.39, 0.29) is 28.9 Å². The number of nitrogens with zero attached hydrogens (tertiary/aromatic N) is 5. The predicted molar refractivity (Wildman–Crippen MR) is 158 cm³/mol. The van der Waals surface area contributed by atoms with Crippen molar-refractivity contribution in [1.29, 1.82) is 0 Å². The third kappa shape index (κ3) is 5.80. The molecule has 3 aromatic heterocycles. The van der Waals surface area contributed by atoms with E-state index in [1.807, 2.05) is 0 Å². The van der Waals surface area contributed by atoms with Crippen LogP contribution in [0, 0.1) is 5.82 Å². The minimum absolute atomic E-state index is 0.0757. The zero-order valence-corrected chi connectivity index (χ0v) is 23.7. The number of hydrogen-bond donors (Lipinski definition) is 3. The van der Waals surface area contributed by atoms with Crippen molar-refractivity contribution in [2.45, 2.75) is 12.5 Å². The Bertz CT molecular complexity index is 2090. The van der Waals surface area contributed by atoms with Gasteiger partial charge in [0, 0.05) is 32.1 Å². The summed E-state index contributed by atoms with van der Waals surface area (Å²) in [5.41, 5.74) is -0.454. The number of aliphatic carboxylic acids is 1. The van der Waals surface area contributed by atoms with Crippen LogP contribution in [0.2, 0.25) is 0 Å². The van der Waals surface area contributed by atoms with Gasteiger partial charge >= 0.3 is 11.7 Å². The Labute approximate surface area is 249 Å². The van der Waals surface area contributed by atoms with Gasteiger partial charge in [-0.3, -0.25) is 24.1 Å². The maximum absolute atomic E-state index is 15.0. The molecule has 1 unspecified atom stereocenters. The number of thiol groups is 1. The zero-order chi connectivity index (χ0) is 31.5. The van der Waals surface area contributed by atoms with Gasteiger partial charge in [0.15, 0.2) is 0 Å². The van der Waals surface area contributed by atoms with Gasteiger partial charge in [-0.05, 0) is 54.1 Å². The van der Waals surface area contributed by atoms with Gasteiger partial charge in [-0.25, -0.2) is 31.3 Å². The topological polar surface area (TPSA) is 174 Å². The van der Waals surface area contributed by atoms with Crippen molar-refractivity contribution in [3.63, 3.8) is 0 Å². The molecule has 1 amide bonds. The number of benzene rings is 2. The van der Waals surface area contributed by atoms with Gasteiger partial charge in [0.1, 0.15) is 11.9 Å². The predicted octanol–water partition coefficient (Wildman–Crippen LogP) is 1.71. The maximum atomic E-state index is 15.0. The highest BCUT2D eigenvalue weighted by atomic mass is 32.2. The van der Waals surface area contributed by atoms with E-state index in [9.17, 15) is 32.7 Å². The number of halogens is 1. The van der Waals surface area contributed by atoms with Crippen molar-refractivity contribution in [1.82, 2.24) is 24.4 Å². The Morgan fingerprint density at radius 2 is 1.66 bits per heavy atom. The molecule has 0 saturated carbocycles. The number of amides is 1. The highest BCUT2D eigenvalue weighted by molar-refractivity contribution is 7.74. The first-order chi connectivity index (χ1) is 21.1. The van der Waals surface area contributed by atoms with E-state index in [0.29, 0.717) is 11.1 Å². The standard InChI is InChI=1S/C29H23FN6O7S/c1-34-25-16-32-13-10-22(25)27(38)35(29(34)41)18-4-2-17(3-5-18)14-24(28(39)40)33-26(37)21-7-6-20(15-23(21)30)36(44(42)43)19-8-11-31-12-9-19/h2-13,15-16,24,44H,14H2,1H3,(H,33,37)(H,39,40). The van der Waals surface area contributed by atoms with Crippen molar-refractivity contribution < 1.29 is 27.5 Å². The molecule has 44 heavy (non-hydrogen) atoms. The molecule has 0 saturated heterocycles. The first-order valence-corrected chi connectivity index (χ1v) is 14.0. The lowest BCUT2D eigenvalue weighted by Crippen LogP contribution is -2.42. The number of pyridine rings is 2. The van der Waals surface area contributed by atoms with Gasteiger partial charge in [-0.15, -0.1) is 0 Å². The number of carboxylic acid groups (broad SMARTS) is 1. The number of aromatic nitrogens is 4. The SMILES string of the molecule is Cn1c(=O)n(-c2ccc(CC(NC(=O)c3ccc(N(c4ccncc4)[SH](=O)=O)cc3F)C(=O)O)cc2)c(=O)c2ccncc21. The maximum Gasteiger partial charge on any atom is 0.335 e. The number of carbonyl (C=O) groups is 2. The fourth-order valence-corrected chi connectivity index (χ4v) is 5.25. The summed E-state index contributed by atoms with van der Waals surface area (Å²) in [6.45, 7) is 0. The molecule has 1 atom stereocenters. The molecule has 0 radical (unpaired) electrons. The van der Waals surface area contributed by atoms with Crippen molar-refractivity contribution in [2.24, 2.45) is 7.05 Å². The van der Waals surface area contributed by atoms with E-state index in [0.717, 1.165) is 21.0 Å². The Balaban J connectivity index is 1.35. The second-order valence-electron chi connectivity index (χ2n) is 9.53. The summed E-state index contributed by atoms with van der Waals surface area (Å²) in [4.78, 5) is 58.6. The van der Waals surface area contributed by atoms with Gasteiger partial charge < -0.3 is 10.4 Å². The molecule has 0 aliphatic heterocycles. The minimum Gasteiger partial charge on any atom is -0.480 e. The van der Waals surface area contributed by atoms with Crippen LogP contribution in [0.15, 0.2) is 95.0 Å². The summed E-state index contributed by atoms with van der Waals surface area (Å²) < 4.78 is 41.9. The van der Waals surface area contributed by atoms with E-state index in [4.69, 9.17) is 0 Å². The molecule has 0 aliphatic carbocycles. The van der Waals surface area contributed by atoms with Crippen molar-refractivity contribution in [3.8, 4) is 5.69 Å². The third-order valence-corrected chi connectivity index (χ3v) is 7.61. The van der Waals surface area contributed by atoms with E-state index in [2.05, 4.69) is 15.3 Å². The van der Waals surface area contributed by atoms with E-state index < -0.39 is 51.4 Å². The first kappa shape index (κ1) is 29.8. The number of carbonyl (C=O) groups excluding carboxylic acids is 1.